The van der Waals surface area contributed by atoms with Crippen LogP contribution in [0.1, 0.15) is 24.4 Å². The summed E-state index contributed by atoms with van der Waals surface area (Å²) in [5, 5.41) is 11.5. The standard InChI is InChI=1S/C14H20N2O4/c15-8-9-20-10-13(17)16-12(6-7-14(18)19)11-4-2-1-3-5-11/h1-5,12H,6-10,15H2,(H,16,17)(H,18,19). The molecule has 0 saturated carbocycles. The molecule has 0 aliphatic carbocycles. The van der Waals surface area contributed by atoms with Crippen molar-refractivity contribution in [2.75, 3.05) is 19.8 Å². The highest BCUT2D eigenvalue weighted by molar-refractivity contribution is 5.77. The number of rotatable bonds is 9. The van der Waals surface area contributed by atoms with Crippen molar-refractivity contribution in [2.45, 2.75) is 18.9 Å². The van der Waals surface area contributed by atoms with Crippen LogP contribution in [-0.4, -0.2) is 36.7 Å². The van der Waals surface area contributed by atoms with Gasteiger partial charge in [0.15, 0.2) is 0 Å². The summed E-state index contributed by atoms with van der Waals surface area (Å²) in [6.45, 7) is 0.598. The van der Waals surface area contributed by atoms with Crippen LogP contribution in [0.5, 0.6) is 0 Å². The van der Waals surface area contributed by atoms with Crippen LogP contribution in [0.3, 0.4) is 0 Å². The SMILES string of the molecule is NCCOCC(=O)NC(CCC(=O)O)c1ccccc1. The number of amides is 1. The summed E-state index contributed by atoms with van der Waals surface area (Å²) >= 11 is 0. The number of ether oxygens (including phenoxy) is 1. The fourth-order valence-corrected chi connectivity index (χ4v) is 1.76. The summed E-state index contributed by atoms with van der Waals surface area (Å²) in [7, 11) is 0. The zero-order valence-electron chi connectivity index (χ0n) is 11.2. The van der Waals surface area contributed by atoms with Gasteiger partial charge in [-0.3, -0.25) is 9.59 Å². The molecule has 0 bridgehead atoms. The summed E-state index contributed by atoms with van der Waals surface area (Å²) in [6, 6.07) is 8.94. The Kier molecular flexibility index (Phi) is 7.31. The lowest BCUT2D eigenvalue weighted by Gasteiger charge is -2.18. The van der Waals surface area contributed by atoms with Gasteiger partial charge in [0.05, 0.1) is 12.6 Å². The lowest BCUT2D eigenvalue weighted by atomic mass is 10.0. The van der Waals surface area contributed by atoms with Gasteiger partial charge in [0, 0.05) is 13.0 Å². The van der Waals surface area contributed by atoms with Gasteiger partial charge in [0.2, 0.25) is 5.91 Å². The molecule has 4 N–H and O–H groups in total. The van der Waals surface area contributed by atoms with Crippen molar-refractivity contribution in [3.05, 3.63) is 35.9 Å². The smallest absolute Gasteiger partial charge is 0.303 e. The first-order valence-electron chi connectivity index (χ1n) is 6.47. The summed E-state index contributed by atoms with van der Waals surface area (Å²) in [5.74, 6) is -1.17. The highest BCUT2D eigenvalue weighted by Crippen LogP contribution is 2.18. The largest absolute Gasteiger partial charge is 0.481 e. The lowest BCUT2D eigenvalue weighted by Crippen LogP contribution is -2.32. The van der Waals surface area contributed by atoms with Crippen molar-refractivity contribution in [1.29, 1.82) is 0 Å². The van der Waals surface area contributed by atoms with Crippen molar-refractivity contribution in [2.24, 2.45) is 5.73 Å². The maximum atomic E-state index is 11.7. The number of nitrogens with two attached hydrogens (primary N) is 1. The Hall–Kier alpha value is -1.92. The normalized spacial score (nSPS) is 11.8. The van der Waals surface area contributed by atoms with Crippen LogP contribution in [0.15, 0.2) is 30.3 Å². The molecule has 6 heteroatoms. The zero-order valence-corrected chi connectivity index (χ0v) is 11.2. The van der Waals surface area contributed by atoms with Crippen LogP contribution < -0.4 is 11.1 Å². The van der Waals surface area contributed by atoms with Crippen LogP contribution in [0, 0.1) is 0 Å². The lowest BCUT2D eigenvalue weighted by molar-refractivity contribution is -0.137. The average Bonchev–Trinajstić information content (AvgIpc) is 2.44. The minimum Gasteiger partial charge on any atom is -0.481 e. The minimum atomic E-state index is -0.889. The van der Waals surface area contributed by atoms with E-state index in [9.17, 15) is 9.59 Å². The van der Waals surface area contributed by atoms with Gasteiger partial charge in [-0.25, -0.2) is 0 Å². The van der Waals surface area contributed by atoms with Gasteiger partial charge >= 0.3 is 5.97 Å². The van der Waals surface area contributed by atoms with Crippen molar-refractivity contribution >= 4 is 11.9 Å². The number of aliphatic carboxylic acids is 1. The van der Waals surface area contributed by atoms with Crippen molar-refractivity contribution in [3.63, 3.8) is 0 Å². The van der Waals surface area contributed by atoms with Crippen LogP contribution in [-0.2, 0) is 14.3 Å². The van der Waals surface area contributed by atoms with E-state index in [1.54, 1.807) is 0 Å². The van der Waals surface area contributed by atoms with Crippen LogP contribution in [0.2, 0.25) is 0 Å². The second-order valence-electron chi connectivity index (χ2n) is 4.30. The Balaban J connectivity index is 2.58. The van der Waals surface area contributed by atoms with Crippen LogP contribution in [0.4, 0.5) is 0 Å². The summed E-state index contributed by atoms with van der Waals surface area (Å²) in [5.41, 5.74) is 6.14. The monoisotopic (exact) mass is 280 g/mol. The molecule has 1 aromatic rings. The molecule has 0 aliphatic rings. The minimum absolute atomic E-state index is 0.0104. The van der Waals surface area contributed by atoms with E-state index in [4.69, 9.17) is 15.6 Å². The summed E-state index contributed by atoms with van der Waals surface area (Å²) < 4.78 is 5.05. The van der Waals surface area contributed by atoms with E-state index in [2.05, 4.69) is 5.32 Å². The highest BCUT2D eigenvalue weighted by Gasteiger charge is 2.15. The first-order valence-corrected chi connectivity index (χ1v) is 6.47. The molecule has 1 atom stereocenters. The first-order chi connectivity index (χ1) is 9.63. The Morgan fingerprint density at radius 3 is 2.60 bits per heavy atom. The maximum absolute atomic E-state index is 11.7. The van der Waals surface area contributed by atoms with E-state index >= 15 is 0 Å². The van der Waals surface area contributed by atoms with Crippen molar-refractivity contribution in [3.8, 4) is 0 Å². The van der Waals surface area contributed by atoms with E-state index in [0.29, 0.717) is 19.6 Å². The average molecular weight is 280 g/mol. The predicted octanol–water partition coefficient (Wildman–Crippen LogP) is 0.684. The second kappa shape index (κ2) is 9.06. The molecule has 6 nitrogen and oxygen atoms in total. The van der Waals surface area contributed by atoms with Crippen LogP contribution >= 0.6 is 0 Å². The first kappa shape index (κ1) is 16.1. The number of carbonyl (C=O) groups excluding carboxylic acids is 1. The molecular formula is C14H20N2O4. The molecular weight excluding hydrogens is 260 g/mol. The Morgan fingerprint density at radius 2 is 2.00 bits per heavy atom. The van der Waals surface area contributed by atoms with E-state index < -0.39 is 5.97 Å². The number of carboxylic acids is 1. The maximum Gasteiger partial charge on any atom is 0.303 e. The molecule has 0 saturated heterocycles. The molecule has 1 amide bonds. The third kappa shape index (κ3) is 6.31. The van der Waals surface area contributed by atoms with Gasteiger partial charge < -0.3 is 20.9 Å². The van der Waals surface area contributed by atoms with Gasteiger partial charge in [0.25, 0.3) is 0 Å². The summed E-state index contributed by atoms with van der Waals surface area (Å²) in [6.07, 6.45) is 0.325. The fourth-order valence-electron chi connectivity index (χ4n) is 1.76. The second-order valence-corrected chi connectivity index (χ2v) is 4.30. The van der Waals surface area contributed by atoms with Gasteiger partial charge in [-0.1, -0.05) is 30.3 Å². The molecule has 0 aromatic heterocycles. The molecule has 0 heterocycles. The van der Waals surface area contributed by atoms with E-state index in [-0.39, 0.29) is 25.0 Å². The zero-order chi connectivity index (χ0) is 14.8. The summed E-state index contributed by atoms with van der Waals surface area (Å²) in [4.78, 5) is 22.4. The predicted molar refractivity (Wildman–Crippen MR) is 74.1 cm³/mol. The Morgan fingerprint density at radius 1 is 1.30 bits per heavy atom. The fraction of sp³-hybridized carbons (Fsp3) is 0.429. The molecule has 0 aliphatic heterocycles. The van der Waals surface area contributed by atoms with Crippen molar-refractivity contribution in [1.82, 2.24) is 5.32 Å². The topological polar surface area (TPSA) is 102 Å². The Labute approximate surface area is 117 Å². The van der Waals surface area contributed by atoms with Gasteiger partial charge in [-0.2, -0.15) is 0 Å². The number of hydrogen-bond donors (Lipinski definition) is 3. The molecule has 110 valence electrons. The Bertz CT molecular complexity index is 422. The van der Waals surface area contributed by atoms with Gasteiger partial charge in [0.1, 0.15) is 6.61 Å². The quantitative estimate of drug-likeness (QED) is 0.577. The number of carboxylic acid groups (broad SMARTS) is 1. The van der Waals surface area contributed by atoms with E-state index in [0.717, 1.165) is 5.56 Å². The highest BCUT2D eigenvalue weighted by atomic mass is 16.5. The molecule has 0 fully saturated rings. The van der Waals surface area contributed by atoms with Gasteiger partial charge in [-0.05, 0) is 12.0 Å². The number of carbonyl (C=O) groups is 2. The van der Waals surface area contributed by atoms with Crippen molar-refractivity contribution < 1.29 is 19.4 Å². The molecule has 0 radical (unpaired) electrons. The third-order valence-electron chi connectivity index (χ3n) is 2.68. The number of nitrogens with one attached hydrogen (secondary N) is 1. The molecule has 20 heavy (non-hydrogen) atoms. The molecule has 1 unspecified atom stereocenters. The van der Waals surface area contributed by atoms with E-state index in [1.807, 2.05) is 30.3 Å². The molecule has 0 spiro atoms. The van der Waals surface area contributed by atoms with Crippen LogP contribution in [0.25, 0.3) is 0 Å². The molecule has 1 rings (SSSR count). The third-order valence-corrected chi connectivity index (χ3v) is 2.68. The van der Waals surface area contributed by atoms with E-state index in [1.165, 1.54) is 0 Å². The number of hydrogen-bond acceptors (Lipinski definition) is 4. The molecule has 1 aromatic carbocycles. The number of benzene rings is 1. The van der Waals surface area contributed by atoms with Gasteiger partial charge in [-0.15, -0.1) is 0 Å².